The zero-order valence-corrected chi connectivity index (χ0v) is 9.28. The van der Waals surface area contributed by atoms with Crippen LogP contribution in [0, 0.1) is 0 Å². The summed E-state index contributed by atoms with van der Waals surface area (Å²) < 4.78 is 0. The van der Waals surface area contributed by atoms with Crippen LogP contribution in [0.2, 0.25) is 0 Å². The van der Waals surface area contributed by atoms with Gasteiger partial charge in [0.2, 0.25) is 0 Å². The lowest BCUT2D eigenvalue weighted by Crippen LogP contribution is -2.15. The van der Waals surface area contributed by atoms with Crippen molar-refractivity contribution in [3.8, 4) is 0 Å². The molecule has 1 unspecified atom stereocenters. The number of aliphatic hydroxyl groups is 1. The third-order valence-corrected chi connectivity index (χ3v) is 2.50. The molecule has 2 rings (SSSR count). The predicted molar refractivity (Wildman–Crippen MR) is 64.3 cm³/mol. The maximum absolute atomic E-state index is 11.8. The molecule has 1 aromatic heterocycles. The van der Waals surface area contributed by atoms with Crippen LogP contribution in [0.4, 0.5) is 0 Å². The average Bonchev–Trinajstić information content (AvgIpc) is 2.40. The van der Waals surface area contributed by atoms with Crippen molar-refractivity contribution < 1.29 is 9.90 Å². The fraction of sp³-hybridized carbons (Fsp3) is 0.143. The molecule has 0 radical (unpaired) electrons. The van der Waals surface area contributed by atoms with Crippen LogP contribution >= 0.6 is 0 Å². The summed E-state index contributed by atoms with van der Waals surface area (Å²) in [5, 5.41) is 9.87. The molecular formula is C14H13NO2. The van der Waals surface area contributed by atoms with Crippen LogP contribution in [0.5, 0.6) is 0 Å². The minimum absolute atomic E-state index is 0.150. The molecule has 0 saturated carbocycles. The van der Waals surface area contributed by atoms with Crippen LogP contribution in [-0.4, -0.2) is 15.9 Å². The highest BCUT2D eigenvalue weighted by Gasteiger charge is 2.17. The first-order chi connectivity index (χ1) is 8.27. The van der Waals surface area contributed by atoms with Gasteiger partial charge >= 0.3 is 0 Å². The first kappa shape index (κ1) is 11.5. The molecule has 0 aliphatic heterocycles. The van der Waals surface area contributed by atoms with E-state index in [1.165, 1.54) is 0 Å². The number of rotatable bonds is 4. The minimum Gasteiger partial charge on any atom is -0.381 e. The Morgan fingerprint density at radius 1 is 1.12 bits per heavy atom. The van der Waals surface area contributed by atoms with Gasteiger partial charge in [-0.1, -0.05) is 36.4 Å². The number of carbonyl (C=O) groups is 1. The van der Waals surface area contributed by atoms with E-state index in [1.54, 1.807) is 42.6 Å². The Morgan fingerprint density at radius 3 is 2.47 bits per heavy atom. The molecule has 0 fully saturated rings. The highest BCUT2D eigenvalue weighted by molar-refractivity contribution is 5.85. The van der Waals surface area contributed by atoms with Gasteiger partial charge < -0.3 is 5.11 Å². The molecule has 17 heavy (non-hydrogen) atoms. The molecule has 3 heteroatoms. The summed E-state index contributed by atoms with van der Waals surface area (Å²) in [6, 6.07) is 14.3. The van der Waals surface area contributed by atoms with Gasteiger partial charge in [-0.25, -0.2) is 0 Å². The summed E-state index contributed by atoms with van der Waals surface area (Å²) in [5.41, 5.74) is 1.29. The molecule has 86 valence electrons. The fourth-order valence-electron chi connectivity index (χ4n) is 1.60. The van der Waals surface area contributed by atoms with Crippen molar-refractivity contribution in [2.45, 2.75) is 12.5 Å². The van der Waals surface area contributed by atoms with Crippen LogP contribution in [0.25, 0.3) is 0 Å². The number of nitrogens with zero attached hydrogens (tertiary/aromatic N) is 1. The van der Waals surface area contributed by atoms with E-state index in [4.69, 9.17) is 0 Å². The van der Waals surface area contributed by atoms with Gasteiger partial charge in [0.1, 0.15) is 6.10 Å². The monoisotopic (exact) mass is 227 g/mol. The largest absolute Gasteiger partial charge is 0.381 e. The number of hydrogen-bond donors (Lipinski definition) is 1. The summed E-state index contributed by atoms with van der Waals surface area (Å²) in [5.74, 6) is -0.241. The fourth-order valence-corrected chi connectivity index (χ4v) is 1.60. The lowest BCUT2D eigenvalue weighted by molar-refractivity contribution is -0.126. The lowest BCUT2D eigenvalue weighted by Gasteiger charge is -2.09. The summed E-state index contributed by atoms with van der Waals surface area (Å²) in [6.07, 6.45) is 0.715. The first-order valence-electron chi connectivity index (χ1n) is 5.43. The molecule has 2 aromatic rings. The number of benzene rings is 1. The van der Waals surface area contributed by atoms with Crippen LogP contribution in [0.1, 0.15) is 17.4 Å². The van der Waals surface area contributed by atoms with E-state index >= 15 is 0 Å². The van der Waals surface area contributed by atoms with E-state index in [9.17, 15) is 9.90 Å². The molecule has 1 N–H and O–H groups in total. The Labute approximate surface area is 99.8 Å². The van der Waals surface area contributed by atoms with Gasteiger partial charge in [0.15, 0.2) is 5.78 Å². The summed E-state index contributed by atoms with van der Waals surface area (Å²) in [6.45, 7) is 0. The topological polar surface area (TPSA) is 50.2 Å². The molecule has 0 amide bonds. The molecule has 1 heterocycles. The van der Waals surface area contributed by atoms with Crippen molar-refractivity contribution >= 4 is 5.78 Å². The van der Waals surface area contributed by atoms with E-state index in [-0.39, 0.29) is 12.2 Å². The second-order valence-corrected chi connectivity index (χ2v) is 3.78. The molecule has 0 saturated heterocycles. The maximum atomic E-state index is 11.8. The third-order valence-electron chi connectivity index (χ3n) is 2.50. The first-order valence-corrected chi connectivity index (χ1v) is 5.43. The van der Waals surface area contributed by atoms with Crippen molar-refractivity contribution in [2.75, 3.05) is 0 Å². The van der Waals surface area contributed by atoms with Crippen molar-refractivity contribution in [3.05, 3.63) is 66.0 Å². The molecule has 0 aliphatic rings. The molecule has 0 bridgehead atoms. The van der Waals surface area contributed by atoms with E-state index in [1.807, 2.05) is 12.1 Å². The normalized spacial score (nSPS) is 12.1. The summed E-state index contributed by atoms with van der Waals surface area (Å²) in [7, 11) is 0. The standard InChI is InChI=1S/C14H13NO2/c16-13(10-12-8-4-5-9-15-12)14(17)11-6-2-1-3-7-11/h1-9,14,17H,10H2. The second kappa shape index (κ2) is 5.37. The smallest absolute Gasteiger partial charge is 0.171 e. The van der Waals surface area contributed by atoms with Gasteiger partial charge in [-0.05, 0) is 17.7 Å². The average molecular weight is 227 g/mol. The highest BCUT2D eigenvalue weighted by atomic mass is 16.3. The van der Waals surface area contributed by atoms with Crippen LogP contribution < -0.4 is 0 Å². The molecule has 0 aliphatic carbocycles. The number of Topliss-reactive ketones (excluding diaryl/α,β-unsaturated/α-hetero) is 1. The highest BCUT2D eigenvalue weighted by Crippen LogP contribution is 2.14. The van der Waals surface area contributed by atoms with Crippen LogP contribution in [0.3, 0.4) is 0 Å². The zero-order chi connectivity index (χ0) is 12.1. The van der Waals surface area contributed by atoms with Crippen LogP contribution in [0.15, 0.2) is 54.7 Å². The summed E-state index contributed by atoms with van der Waals surface area (Å²) >= 11 is 0. The molecule has 1 aromatic carbocycles. The van der Waals surface area contributed by atoms with E-state index in [2.05, 4.69) is 4.98 Å². The van der Waals surface area contributed by atoms with E-state index in [0.29, 0.717) is 11.3 Å². The molecule has 3 nitrogen and oxygen atoms in total. The van der Waals surface area contributed by atoms with Gasteiger partial charge in [0.25, 0.3) is 0 Å². The Bertz CT molecular complexity index is 482. The Kier molecular flexibility index (Phi) is 3.62. The Hall–Kier alpha value is -2.00. The van der Waals surface area contributed by atoms with Gasteiger partial charge in [-0.2, -0.15) is 0 Å². The number of aliphatic hydroxyl groups excluding tert-OH is 1. The van der Waals surface area contributed by atoms with Crippen molar-refractivity contribution in [2.24, 2.45) is 0 Å². The van der Waals surface area contributed by atoms with Crippen molar-refractivity contribution in [1.29, 1.82) is 0 Å². The quantitative estimate of drug-likeness (QED) is 0.868. The second-order valence-electron chi connectivity index (χ2n) is 3.78. The molecular weight excluding hydrogens is 214 g/mol. The lowest BCUT2D eigenvalue weighted by atomic mass is 10.0. The van der Waals surface area contributed by atoms with Crippen molar-refractivity contribution in [3.63, 3.8) is 0 Å². The summed E-state index contributed by atoms with van der Waals surface area (Å²) in [4.78, 5) is 15.9. The number of ketones is 1. The molecule has 1 atom stereocenters. The number of hydrogen-bond acceptors (Lipinski definition) is 3. The maximum Gasteiger partial charge on any atom is 0.171 e. The SMILES string of the molecule is O=C(Cc1ccccn1)C(O)c1ccccc1. The van der Waals surface area contributed by atoms with Crippen molar-refractivity contribution in [1.82, 2.24) is 4.98 Å². The van der Waals surface area contributed by atoms with Gasteiger partial charge in [0, 0.05) is 11.9 Å². The van der Waals surface area contributed by atoms with E-state index in [0.717, 1.165) is 0 Å². The van der Waals surface area contributed by atoms with Gasteiger partial charge in [-0.15, -0.1) is 0 Å². The molecule has 0 spiro atoms. The number of pyridine rings is 1. The van der Waals surface area contributed by atoms with Gasteiger partial charge in [-0.3, -0.25) is 9.78 Å². The Morgan fingerprint density at radius 2 is 1.82 bits per heavy atom. The predicted octanol–water partition coefficient (Wildman–Crippen LogP) is 1.93. The Balaban J connectivity index is 2.06. The number of carbonyl (C=O) groups excluding carboxylic acids is 1. The minimum atomic E-state index is -1.07. The third kappa shape index (κ3) is 2.98. The zero-order valence-electron chi connectivity index (χ0n) is 9.28. The number of aromatic nitrogens is 1. The van der Waals surface area contributed by atoms with Crippen LogP contribution in [-0.2, 0) is 11.2 Å². The van der Waals surface area contributed by atoms with E-state index < -0.39 is 6.10 Å². The van der Waals surface area contributed by atoms with Gasteiger partial charge in [0.05, 0.1) is 6.42 Å².